The summed E-state index contributed by atoms with van der Waals surface area (Å²) in [7, 11) is 0. The lowest BCUT2D eigenvalue weighted by Crippen LogP contribution is -2.39. The van der Waals surface area contributed by atoms with Gasteiger partial charge in [-0.3, -0.25) is 4.98 Å². The number of hydrogen-bond acceptors (Lipinski definition) is 7. The number of fused-ring (bicyclic) bond motifs is 2. The zero-order chi connectivity index (χ0) is 25.9. The van der Waals surface area contributed by atoms with Crippen molar-refractivity contribution in [3.63, 3.8) is 0 Å². The van der Waals surface area contributed by atoms with Gasteiger partial charge in [0.15, 0.2) is 0 Å². The maximum Gasteiger partial charge on any atom is 0.319 e. The molecule has 7 nitrogen and oxygen atoms in total. The molecule has 6 rings (SSSR count). The van der Waals surface area contributed by atoms with Crippen molar-refractivity contribution >= 4 is 22.3 Å². The minimum absolute atomic E-state index is 0.322. The first-order chi connectivity index (χ1) is 18.7. The van der Waals surface area contributed by atoms with Crippen molar-refractivity contribution in [3.8, 4) is 12.1 Å². The molecule has 1 saturated heterocycles. The fourth-order valence-corrected chi connectivity index (χ4v) is 5.86. The normalized spacial score (nSPS) is 17.2. The molecule has 192 valence electrons. The van der Waals surface area contributed by atoms with Crippen molar-refractivity contribution < 1.29 is 4.74 Å². The maximum absolute atomic E-state index is 9.30. The van der Waals surface area contributed by atoms with E-state index in [2.05, 4.69) is 64.2 Å². The predicted octanol–water partition coefficient (Wildman–Crippen LogP) is 5.61. The van der Waals surface area contributed by atoms with Gasteiger partial charge in [-0.25, -0.2) is 0 Å². The van der Waals surface area contributed by atoms with E-state index in [0.29, 0.717) is 31.5 Å². The molecule has 2 aliphatic heterocycles. The molecule has 0 N–H and O–H groups in total. The summed E-state index contributed by atoms with van der Waals surface area (Å²) in [5.74, 6) is 1.35. The fourth-order valence-electron chi connectivity index (χ4n) is 5.86. The molecule has 38 heavy (non-hydrogen) atoms. The predicted molar refractivity (Wildman–Crippen MR) is 149 cm³/mol. The SMILES string of the molecule is Cc1cccc2cccc(N3CCc4c(nc(OCc5ccccn5)nc4N4CCC[C@@H](CC#N)C4)C3)c12. The molecular formula is C31H32N6O. The molecule has 0 unspecified atom stereocenters. The minimum Gasteiger partial charge on any atom is -0.457 e. The molecule has 4 heterocycles. The fraction of sp³-hybridized carbons (Fsp3) is 0.355. The van der Waals surface area contributed by atoms with Gasteiger partial charge >= 0.3 is 6.01 Å². The number of nitrogens with zero attached hydrogens (tertiary/aromatic N) is 6. The number of rotatable bonds is 6. The Morgan fingerprint density at radius 3 is 2.76 bits per heavy atom. The average Bonchev–Trinajstić information content (AvgIpc) is 2.96. The minimum atomic E-state index is 0.322. The van der Waals surface area contributed by atoms with E-state index in [-0.39, 0.29) is 0 Å². The molecule has 0 aliphatic carbocycles. The van der Waals surface area contributed by atoms with Crippen LogP contribution in [0.15, 0.2) is 60.8 Å². The molecule has 4 aromatic rings. The zero-order valence-electron chi connectivity index (χ0n) is 21.8. The topological polar surface area (TPSA) is 78.2 Å². The number of aromatic nitrogens is 3. The standard InChI is InChI=1S/C31H32N6O/c1-22-7-4-9-24-10-5-12-28(29(22)24)36-18-14-26-27(20-36)34-31(38-21-25-11-2-3-16-33-25)35-30(26)37-17-6-8-23(19-37)13-15-32/h2-5,7,9-12,16,23H,6,8,13-14,17-21H2,1H3/t23-/m0/s1. The van der Waals surface area contributed by atoms with E-state index in [0.717, 1.165) is 56.1 Å². The van der Waals surface area contributed by atoms with Gasteiger partial charge in [-0.2, -0.15) is 15.2 Å². The maximum atomic E-state index is 9.30. The van der Waals surface area contributed by atoms with Crippen molar-refractivity contribution in [2.75, 3.05) is 29.4 Å². The van der Waals surface area contributed by atoms with Gasteiger partial charge < -0.3 is 14.5 Å². The second kappa shape index (κ2) is 10.7. The lowest BCUT2D eigenvalue weighted by molar-refractivity contribution is 0.274. The Balaban J connectivity index is 1.35. The highest BCUT2D eigenvalue weighted by Crippen LogP contribution is 2.36. The highest BCUT2D eigenvalue weighted by atomic mass is 16.5. The van der Waals surface area contributed by atoms with Crippen LogP contribution in [0.25, 0.3) is 10.8 Å². The summed E-state index contributed by atoms with van der Waals surface area (Å²) in [6.07, 6.45) is 5.38. The Bertz CT molecular complexity index is 1480. The second-order valence-electron chi connectivity index (χ2n) is 10.3. The Hall–Kier alpha value is -4.18. The van der Waals surface area contributed by atoms with Crippen LogP contribution in [0.2, 0.25) is 0 Å². The molecule has 1 atom stereocenters. The molecule has 0 radical (unpaired) electrons. The van der Waals surface area contributed by atoms with Crippen LogP contribution < -0.4 is 14.5 Å². The summed E-state index contributed by atoms with van der Waals surface area (Å²) in [5.41, 5.74) is 5.60. The van der Waals surface area contributed by atoms with Gasteiger partial charge in [0.2, 0.25) is 0 Å². The van der Waals surface area contributed by atoms with Gasteiger partial charge in [0, 0.05) is 48.9 Å². The Morgan fingerprint density at radius 2 is 1.92 bits per heavy atom. The Labute approximate surface area is 223 Å². The van der Waals surface area contributed by atoms with Crippen LogP contribution in [0.3, 0.4) is 0 Å². The van der Waals surface area contributed by atoms with E-state index < -0.39 is 0 Å². The monoisotopic (exact) mass is 504 g/mol. The third-order valence-corrected chi connectivity index (χ3v) is 7.73. The number of pyridine rings is 1. The molecule has 0 bridgehead atoms. The van der Waals surface area contributed by atoms with Gasteiger partial charge in [0.25, 0.3) is 0 Å². The lowest BCUT2D eigenvalue weighted by Gasteiger charge is -2.37. The first kappa shape index (κ1) is 24.2. The average molecular weight is 505 g/mol. The molecule has 0 spiro atoms. The van der Waals surface area contributed by atoms with Crippen LogP contribution >= 0.6 is 0 Å². The molecular weight excluding hydrogens is 472 g/mol. The molecule has 2 aromatic heterocycles. The molecule has 0 amide bonds. The number of aryl methyl sites for hydroxylation is 1. The molecule has 0 saturated carbocycles. The molecule has 2 aromatic carbocycles. The number of hydrogen-bond donors (Lipinski definition) is 0. The highest BCUT2D eigenvalue weighted by molar-refractivity contribution is 5.97. The van der Waals surface area contributed by atoms with Gasteiger partial charge in [-0.05, 0) is 61.3 Å². The van der Waals surface area contributed by atoms with Crippen molar-refractivity contribution in [1.29, 1.82) is 5.26 Å². The highest BCUT2D eigenvalue weighted by Gasteiger charge is 2.29. The largest absolute Gasteiger partial charge is 0.457 e. The van der Waals surface area contributed by atoms with Crippen molar-refractivity contribution in [2.24, 2.45) is 5.92 Å². The Morgan fingerprint density at radius 1 is 1.03 bits per heavy atom. The third-order valence-electron chi connectivity index (χ3n) is 7.73. The van der Waals surface area contributed by atoms with Crippen LogP contribution in [-0.4, -0.2) is 34.6 Å². The van der Waals surface area contributed by atoms with E-state index in [1.165, 1.54) is 27.6 Å². The number of benzene rings is 2. The number of nitriles is 1. The van der Waals surface area contributed by atoms with Crippen LogP contribution in [0.5, 0.6) is 6.01 Å². The van der Waals surface area contributed by atoms with E-state index in [4.69, 9.17) is 14.7 Å². The van der Waals surface area contributed by atoms with Crippen LogP contribution in [0, 0.1) is 24.2 Å². The van der Waals surface area contributed by atoms with Gasteiger partial charge in [-0.1, -0.05) is 36.4 Å². The van der Waals surface area contributed by atoms with Gasteiger partial charge in [-0.15, -0.1) is 0 Å². The van der Waals surface area contributed by atoms with E-state index in [1.54, 1.807) is 6.20 Å². The molecule has 2 aliphatic rings. The Kier molecular flexibility index (Phi) is 6.78. The smallest absolute Gasteiger partial charge is 0.319 e. The van der Waals surface area contributed by atoms with E-state index >= 15 is 0 Å². The van der Waals surface area contributed by atoms with Gasteiger partial charge in [0.05, 0.1) is 24.0 Å². The number of ether oxygens (including phenoxy) is 1. The molecule has 7 heteroatoms. The van der Waals surface area contributed by atoms with Crippen molar-refractivity contribution in [2.45, 2.75) is 45.8 Å². The summed E-state index contributed by atoms with van der Waals surface area (Å²) in [5, 5.41) is 11.9. The van der Waals surface area contributed by atoms with Crippen molar-refractivity contribution in [1.82, 2.24) is 15.0 Å². The van der Waals surface area contributed by atoms with E-state index in [1.807, 2.05) is 18.2 Å². The molecule has 1 fully saturated rings. The van der Waals surface area contributed by atoms with Crippen LogP contribution in [0.4, 0.5) is 11.5 Å². The first-order valence-corrected chi connectivity index (χ1v) is 13.5. The summed E-state index contributed by atoms with van der Waals surface area (Å²) in [4.78, 5) is 19.1. The number of piperidine rings is 1. The first-order valence-electron chi connectivity index (χ1n) is 13.5. The second-order valence-corrected chi connectivity index (χ2v) is 10.3. The third kappa shape index (κ3) is 4.87. The van der Waals surface area contributed by atoms with Gasteiger partial charge in [0.1, 0.15) is 12.4 Å². The lowest BCUT2D eigenvalue weighted by atomic mass is 9.94. The summed E-state index contributed by atoms with van der Waals surface area (Å²) < 4.78 is 6.11. The summed E-state index contributed by atoms with van der Waals surface area (Å²) in [6, 6.07) is 21.6. The van der Waals surface area contributed by atoms with E-state index in [9.17, 15) is 5.26 Å². The quantitative estimate of drug-likeness (QED) is 0.338. The number of anilines is 2. The summed E-state index contributed by atoms with van der Waals surface area (Å²) in [6.45, 7) is 5.90. The summed E-state index contributed by atoms with van der Waals surface area (Å²) >= 11 is 0. The van der Waals surface area contributed by atoms with Crippen LogP contribution in [0.1, 0.15) is 41.8 Å². The zero-order valence-corrected chi connectivity index (χ0v) is 21.8. The van der Waals surface area contributed by atoms with Crippen molar-refractivity contribution in [3.05, 3.63) is 83.3 Å². The van der Waals surface area contributed by atoms with Crippen LogP contribution in [-0.2, 0) is 19.6 Å².